The van der Waals surface area contributed by atoms with E-state index >= 15 is 0 Å². The molecule has 1 nitrogen and oxygen atoms in total. The summed E-state index contributed by atoms with van der Waals surface area (Å²) in [5.41, 5.74) is 8.38. The van der Waals surface area contributed by atoms with Gasteiger partial charge in [-0.1, -0.05) is 40.4 Å². The number of nitrogens with two attached hydrogens (primary N) is 1. The lowest BCUT2D eigenvalue weighted by Crippen LogP contribution is -2.14. The highest BCUT2D eigenvalue weighted by molar-refractivity contribution is 9.10. The van der Waals surface area contributed by atoms with Gasteiger partial charge in [0, 0.05) is 4.47 Å². The van der Waals surface area contributed by atoms with Gasteiger partial charge in [0.05, 0.1) is 6.04 Å². The van der Waals surface area contributed by atoms with Crippen LogP contribution < -0.4 is 5.73 Å². The summed E-state index contributed by atoms with van der Waals surface area (Å²) in [5.74, 6) is -0.235. The minimum Gasteiger partial charge on any atom is -0.321 e. The Balaban J connectivity index is 2.20. The summed E-state index contributed by atoms with van der Waals surface area (Å²) in [6.45, 7) is 0. The van der Waals surface area contributed by atoms with Gasteiger partial charge in [0.1, 0.15) is 5.82 Å². The van der Waals surface area contributed by atoms with Crippen LogP contribution in [-0.2, 0) is 0 Å². The maximum Gasteiger partial charge on any atom is 0.124 e. The first-order chi connectivity index (χ1) is 8.66. The molecule has 1 unspecified atom stereocenters. The summed E-state index contributed by atoms with van der Waals surface area (Å²) < 4.78 is 14.1. The summed E-state index contributed by atoms with van der Waals surface area (Å²) in [6.07, 6.45) is 9.40. The van der Waals surface area contributed by atoms with Gasteiger partial charge >= 0.3 is 0 Å². The van der Waals surface area contributed by atoms with Gasteiger partial charge in [-0.05, 0) is 49.4 Å². The minimum atomic E-state index is -0.235. The summed E-state index contributed by atoms with van der Waals surface area (Å²) in [5, 5.41) is 0. The van der Waals surface area contributed by atoms with E-state index in [0.717, 1.165) is 22.9 Å². The summed E-state index contributed by atoms with van der Waals surface area (Å²) in [6, 6.07) is 4.74. The Hall–Kier alpha value is -0.670. The number of benzene rings is 1. The average Bonchev–Trinajstić information content (AvgIpc) is 2.26. The first-order valence-electron chi connectivity index (χ1n) is 6.57. The van der Waals surface area contributed by atoms with Crippen molar-refractivity contribution >= 4 is 15.9 Å². The molecule has 0 aromatic heterocycles. The number of rotatable bonds is 2. The lowest BCUT2D eigenvalue weighted by atomic mass is 9.91. The van der Waals surface area contributed by atoms with Gasteiger partial charge < -0.3 is 5.73 Å². The molecular formula is C15H19BrFN. The standard InChI is InChI=1S/C15H19BrFN/c16-13-8-12(9-14(17)10-13)15(18)11-6-4-2-1-3-5-7-11/h6,8-10,15H,1-5,7,18H2/b11-6+. The molecule has 0 saturated carbocycles. The fraction of sp³-hybridized carbons (Fsp3) is 0.467. The molecular weight excluding hydrogens is 293 g/mol. The van der Waals surface area contributed by atoms with Crippen LogP contribution in [0.25, 0.3) is 0 Å². The van der Waals surface area contributed by atoms with Crippen LogP contribution in [0.1, 0.15) is 50.1 Å². The molecule has 3 heteroatoms. The highest BCUT2D eigenvalue weighted by Gasteiger charge is 2.14. The third kappa shape index (κ3) is 3.66. The molecule has 0 heterocycles. The molecule has 0 fully saturated rings. The third-order valence-electron chi connectivity index (χ3n) is 3.47. The van der Waals surface area contributed by atoms with E-state index in [4.69, 9.17) is 5.73 Å². The first-order valence-corrected chi connectivity index (χ1v) is 7.36. The van der Waals surface area contributed by atoms with Crippen LogP contribution in [-0.4, -0.2) is 0 Å². The van der Waals surface area contributed by atoms with Crippen LogP contribution in [0.5, 0.6) is 0 Å². The van der Waals surface area contributed by atoms with Crippen LogP contribution in [0.2, 0.25) is 0 Å². The zero-order valence-corrected chi connectivity index (χ0v) is 12.0. The average molecular weight is 312 g/mol. The van der Waals surface area contributed by atoms with Crippen molar-refractivity contribution in [1.82, 2.24) is 0 Å². The highest BCUT2D eigenvalue weighted by Crippen LogP contribution is 2.28. The van der Waals surface area contributed by atoms with E-state index in [9.17, 15) is 4.39 Å². The van der Waals surface area contributed by atoms with E-state index in [1.165, 1.54) is 43.4 Å². The molecule has 1 aromatic carbocycles. The van der Waals surface area contributed by atoms with E-state index < -0.39 is 0 Å². The molecule has 0 saturated heterocycles. The van der Waals surface area contributed by atoms with Gasteiger partial charge in [-0.3, -0.25) is 0 Å². The second-order valence-corrected chi connectivity index (χ2v) is 5.83. The predicted octanol–water partition coefficient (Wildman–Crippen LogP) is 4.87. The van der Waals surface area contributed by atoms with Crippen molar-refractivity contribution in [2.45, 2.75) is 44.6 Å². The Morgan fingerprint density at radius 2 is 1.89 bits per heavy atom. The zero-order valence-electron chi connectivity index (χ0n) is 10.5. The Kier molecular flexibility index (Phi) is 4.95. The molecule has 2 rings (SSSR count). The lowest BCUT2D eigenvalue weighted by Gasteiger charge is -2.19. The molecule has 1 atom stereocenters. The molecule has 1 aliphatic rings. The van der Waals surface area contributed by atoms with Crippen molar-refractivity contribution < 1.29 is 4.39 Å². The van der Waals surface area contributed by atoms with Crippen LogP contribution in [0.15, 0.2) is 34.3 Å². The number of hydrogen-bond donors (Lipinski definition) is 1. The molecule has 0 amide bonds. The second kappa shape index (κ2) is 6.48. The first kappa shape index (κ1) is 13.8. The zero-order chi connectivity index (χ0) is 13.0. The van der Waals surface area contributed by atoms with E-state index in [0.29, 0.717) is 0 Å². The Morgan fingerprint density at radius 1 is 1.11 bits per heavy atom. The molecule has 98 valence electrons. The van der Waals surface area contributed by atoms with Crippen molar-refractivity contribution in [3.05, 3.63) is 45.7 Å². The van der Waals surface area contributed by atoms with Gasteiger partial charge in [0.25, 0.3) is 0 Å². The minimum absolute atomic E-state index is 0.171. The fourth-order valence-corrected chi connectivity index (χ4v) is 2.95. The van der Waals surface area contributed by atoms with Crippen molar-refractivity contribution in [3.63, 3.8) is 0 Å². The Morgan fingerprint density at radius 3 is 2.67 bits per heavy atom. The van der Waals surface area contributed by atoms with Gasteiger partial charge in [-0.25, -0.2) is 4.39 Å². The molecule has 0 spiro atoms. The largest absolute Gasteiger partial charge is 0.321 e. The molecule has 1 aromatic rings. The van der Waals surface area contributed by atoms with Crippen molar-refractivity contribution in [2.24, 2.45) is 5.73 Å². The molecule has 0 radical (unpaired) electrons. The predicted molar refractivity (Wildman–Crippen MR) is 76.8 cm³/mol. The SMILES string of the molecule is NC(/C1=C/CCCCCC1)c1cc(F)cc(Br)c1. The number of allylic oxidation sites excluding steroid dienone is 1. The van der Waals surface area contributed by atoms with Crippen molar-refractivity contribution in [1.29, 1.82) is 0 Å². The molecule has 2 N–H and O–H groups in total. The van der Waals surface area contributed by atoms with Crippen LogP contribution >= 0.6 is 15.9 Å². The third-order valence-corrected chi connectivity index (χ3v) is 3.93. The van der Waals surface area contributed by atoms with Crippen molar-refractivity contribution in [3.8, 4) is 0 Å². The van der Waals surface area contributed by atoms with Crippen molar-refractivity contribution in [2.75, 3.05) is 0 Å². The molecule has 18 heavy (non-hydrogen) atoms. The monoisotopic (exact) mass is 311 g/mol. The number of hydrogen-bond acceptors (Lipinski definition) is 1. The lowest BCUT2D eigenvalue weighted by molar-refractivity contribution is 0.597. The van der Waals surface area contributed by atoms with E-state index in [2.05, 4.69) is 22.0 Å². The summed E-state index contributed by atoms with van der Waals surface area (Å²) >= 11 is 3.32. The second-order valence-electron chi connectivity index (χ2n) is 4.91. The van der Waals surface area contributed by atoms with Crippen LogP contribution in [0.3, 0.4) is 0 Å². The molecule has 1 aliphatic carbocycles. The van der Waals surface area contributed by atoms with Gasteiger partial charge in [-0.2, -0.15) is 0 Å². The van der Waals surface area contributed by atoms with E-state index in [1.807, 2.05) is 6.07 Å². The maximum absolute atomic E-state index is 13.4. The van der Waals surface area contributed by atoms with Gasteiger partial charge in [0.2, 0.25) is 0 Å². The maximum atomic E-state index is 13.4. The highest BCUT2D eigenvalue weighted by atomic mass is 79.9. The van der Waals surface area contributed by atoms with E-state index in [-0.39, 0.29) is 11.9 Å². The Labute approximate surface area is 116 Å². The summed E-state index contributed by atoms with van der Waals surface area (Å²) in [7, 11) is 0. The Bertz CT molecular complexity index is 422. The normalized spacial score (nSPS) is 21.6. The fourth-order valence-electron chi connectivity index (χ4n) is 2.47. The topological polar surface area (TPSA) is 26.0 Å². The van der Waals surface area contributed by atoms with Crippen LogP contribution in [0.4, 0.5) is 4.39 Å². The van der Waals surface area contributed by atoms with E-state index in [1.54, 1.807) is 0 Å². The number of halogens is 2. The quantitative estimate of drug-likeness (QED) is 0.775. The smallest absolute Gasteiger partial charge is 0.124 e. The van der Waals surface area contributed by atoms with Crippen LogP contribution in [0, 0.1) is 5.82 Å². The van der Waals surface area contributed by atoms with Gasteiger partial charge in [0.15, 0.2) is 0 Å². The summed E-state index contributed by atoms with van der Waals surface area (Å²) in [4.78, 5) is 0. The van der Waals surface area contributed by atoms with Gasteiger partial charge in [-0.15, -0.1) is 0 Å². The molecule has 0 aliphatic heterocycles. The molecule has 0 bridgehead atoms.